The monoisotopic (exact) mass is 366 g/mol. The van der Waals surface area contributed by atoms with Gasteiger partial charge in [0.1, 0.15) is 5.75 Å². The maximum Gasteiger partial charge on any atom is 0.260 e. The summed E-state index contributed by atoms with van der Waals surface area (Å²) in [5.74, 6) is 0.772. The zero-order valence-corrected chi connectivity index (χ0v) is 15.4. The van der Waals surface area contributed by atoms with Crippen LogP contribution in [-0.2, 0) is 17.8 Å². The lowest BCUT2D eigenvalue weighted by Gasteiger charge is -2.20. The van der Waals surface area contributed by atoms with Gasteiger partial charge in [0, 0.05) is 31.6 Å². The Labute approximate surface area is 160 Å². The molecule has 2 atom stereocenters. The maximum atomic E-state index is 12.2. The molecule has 4 rings (SSSR count). The fourth-order valence-electron chi connectivity index (χ4n) is 4.03. The molecule has 2 aromatic carbocycles. The summed E-state index contributed by atoms with van der Waals surface area (Å²) < 4.78 is 5.83. The van der Waals surface area contributed by atoms with Crippen molar-refractivity contribution < 1.29 is 14.6 Å². The molecule has 27 heavy (non-hydrogen) atoms. The summed E-state index contributed by atoms with van der Waals surface area (Å²) in [6.45, 7) is 2.32. The first-order valence-corrected chi connectivity index (χ1v) is 9.70. The molecule has 5 heteroatoms. The molecule has 5 nitrogen and oxygen atoms in total. The minimum absolute atomic E-state index is 0.0513. The van der Waals surface area contributed by atoms with Gasteiger partial charge >= 0.3 is 0 Å². The number of carbonyl (C=O) groups is 1. The third kappa shape index (κ3) is 3.99. The van der Waals surface area contributed by atoms with Crippen molar-refractivity contribution in [3.8, 4) is 5.75 Å². The van der Waals surface area contributed by atoms with Gasteiger partial charge in [-0.1, -0.05) is 42.5 Å². The van der Waals surface area contributed by atoms with Crippen LogP contribution in [0.5, 0.6) is 5.75 Å². The van der Waals surface area contributed by atoms with Gasteiger partial charge in [0.05, 0.1) is 12.1 Å². The number of rotatable bonds is 6. The second-order valence-corrected chi connectivity index (χ2v) is 7.31. The predicted molar refractivity (Wildman–Crippen MR) is 103 cm³/mol. The van der Waals surface area contributed by atoms with E-state index in [-0.39, 0.29) is 18.6 Å². The Morgan fingerprint density at radius 2 is 1.85 bits per heavy atom. The van der Waals surface area contributed by atoms with Crippen LogP contribution in [0, 0.1) is 0 Å². The van der Waals surface area contributed by atoms with Gasteiger partial charge in [-0.2, -0.15) is 0 Å². The van der Waals surface area contributed by atoms with Gasteiger partial charge in [0.15, 0.2) is 6.61 Å². The van der Waals surface area contributed by atoms with Crippen LogP contribution in [0.3, 0.4) is 0 Å². The molecular weight excluding hydrogens is 340 g/mol. The Morgan fingerprint density at radius 1 is 1.11 bits per heavy atom. The summed E-state index contributed by atoms with van der Waals surface area (Å²) in [6, 6.07) is 15.8. The summed E-state index contributed by atoms with van der Waals surface area (Å²) in [5.41, 5.74) is 3.35. The summed E-state index contributed by atoms with van der Waals surface area (Å²) >= 11 is 0. The molecule has 1 fully saturated rings. The number of hydrogen-bond donors (Lipinski definition) is 2. The number of fused-ring (bicyclic) bond motifs is 1. The second kappa shape index (κ2) is 8.11. The van der Waals surface area contributed by atoms with Gasteiger partial charge in [0.2, 0.25) is 0 Å². The fraction of sp³-hybridized carbons (Fsp3) is 0.409. The molecule has 2 N–H and O–H groups in total. The molecule has 1 amide bonds. The van der Waals surface area contributed by atoms with E-state index in [0.29, 0.717) is 13.0 Å². The first kappa shape index (κ1) is 18.0. The SMILES string of the molecule is O=C(COc1ccccc1CN[C@@H]1c2ccccc2C[C@@H]1O)N1CCCC1. The zero-order valence-electron chi connectivity index (χ0n) is 15.4. The molecule has 0 spiro atoms. The lowest BCUT2D eigenvalue weighted by atomic mass is 10.1. The number of aliphatic hydroxyl groups is 1. The van der Waals surface area contributed by atoms with Crippen LogP contribution < -0.4 is 10.1 Å². The Morgan fingerprint density at radius 3 is 2.70 bits per heavy atom. The van der Waals surface area contributed by atoms with E-state index in [4.69, 9.17) is 4.74 Å². The van der Waals surface area contributed by atoms with Crippen LogP contribution in [0.25, 0.3) is 0 Å². The molecule has 1 aliphatic heterocycles. The zero-order chi connectivity index (χ0) is 18.6. The number of amides is 1. The van der Waals surface area contributed by atoms with E-state index >= 15 is 0 Å². The van der Waals surface area contributed by atoms with Crippen LogP contribution in [-0.4, -0.2) is 41.7 Å². The van der Waals surface area contributed by atoms with Gasteiger partial charge in [-0.25, -0.2) is 0 Å². The van der Waals surface area contributed by atoms with Gasteiger partial charge < -0.3 is 20.1 Å². The van der Waals surface area contributed by atoms with E-state index in [1.807, 2.05) is 41.3 Å². The molecule has 0 aromatic heterocycles. The van der Waals surface area contributed by atoms with E-state index in [9.17, 15) is 9.90 Å². The summed E-state index contributed by atoms with van der Waals surface area (Å²) in [6.07, 6.45) is 2.41. The lowest BCUT2D eigenvalue weighted by molar-refractivity contribution is -0.132. The van der Waals surface area contributed by atoms with Crippen molar-refractivity contribution in [3.63, 3.8) is 0 Å². The first-order valence-electron chi connectivity index (χ1n) is 9.70. The highest BCUT2D eigenvalue weighted by Crippen LogP contribution is 2.32. The molecule has 1 heterocycles. The molecule has 2 aliphatic rings. The van der Waals surface area contributed by atoms with Crippen molar-refractivity contribution in [2.24, 2.45) is 0 Å². The normalized spacial score (nSPS) is 21.3. The molecule has 2 aromatic rings. The largest absolute Gasteiger partial charge is 0.483 e. The Balaban J connectivity index is 1.39. The standard InChI is InChI=1S/C22H26N2O3/c25-19-13-16-7-1-3-9-18(16)22(19)23-14-17-8-2-4-10-20(17)27-15-21(26)24-11-5-6-12-24/h1-4,7-10,19,22-23,25H,5-6,11-15H2/t19-,22+/m0/s1. The first-order chi connectivity index (χ1) is 13.2. The number of ether oxygens (including phenoxy) is 1. The number of para-hydroxylation sites is 1. The number of nitrogens with zero attached hydrogens (tertiary/aromatic N) is 1. The molecular formula is C22H26N2O3. The number of likely N-dealkylation sites (tertiary alicyclic amines) is 1. The average molecular weight is 366 g/mol. The maximum absolute atomic E-state index is 12.2. The van der Waals surface area contributed by atoms with E-state index in [2.05, 4.69) is 17.4 Å². The van der Waals surface area contributed by atoms with Crippen molar-refractivity contribution >= 4 is 5.91 Å². The molecule has 0 saturated carbocycles. The van der Waals surface area contributed by atoms with E-state index in [0.717, 1.165) is 42.8 Å². The van der Waals surface area contributed by atoms with E-state index in [1.165, 1.54) is 5.56 Å². The van der Waals surface area contributed by atoms with Crippen LogP contribution in [0.2, 0.25) is 0 Å². The summed E-state index contributed by atoms with van der Waals surface area (Å²) in [7, 11) is 0. The predicted octanol–water partition coefficient (Wildman–Crippen LogP) is 2.44. The minimum atomic E-state index is -0.424. The van der Waals surface area contributed by atoms with Crippen LogP contribution in [0.4, 0.5) is 0 Å². The average Bonchev–Trinajstić information content (AvgIpc) is 3.33. The van der Waals surface area contributed by atoms with E-state index < -0.39 is 6.10 Å². The Bertz CT molecular complexity index is 802. The number of carbonyl (C=O) groups excluding carboxylic acids is 1. The van der Waals surface area contributed by atoms with Crippen molar-refractivity contribution in [1.29, 1.82) is 0 Å². The number of aliphatic hydroxyl groups excluding tert-OH is 1. The Kier molecular flexibility index (Phi) is 5.41. The van der Waals surface area contributed by atoms with Crippen LogP contribution in [0.1, 0.15) is 35.6 Å². The smallest absolute Gasteiger partial charge is 0.260 e. The summed E-state index contributed by atoms with van der Waals surface area (Å²) in [5, 5.41) is 13.9. The fourth-order valence-corrected chi connectivity index (χ4v) is 4.03. The van der Waals surface area contributed by atoms with E-state index in [1.54, 1.807) is 0 Å². The van der Waals surface area contributed by atoms with Gasteiger partial charge in [-0.05, 0) is 30.0 Å². The molecule has 142 valence electrons. The van der Waals surface area contributed by atoms with Gasteiger partial charge in [-0.15, -0.1) is 0 Å². The van der Waals surface area contributed by atoms with Crippen molar-refractivity contribution in [2.45, 2.75) is 38.0 Å². The topological polar surface area (TPSA) is 61.8 Å². The highest BCUT2D eigenvalue weighted by Gasteiger charge is 2.30. The second-order valence-electron chi connectivity index (χ2n) is 7.31. The van der Waals surface area contributed by atoms with Gasteiger partial charge in [0.25, 0.3) is 5.91 Å². The molecule has 1 aliphatic carbocycles. The summed E-state index contributed by atoms with van der Waals surface area (Å²) in [4.78, 5) is 14.1. The number of nitrogens with one attached hydrogen (secondary N) is 1. The molecule has 1 saturated heterocycles. The lowest BCUT2D eigenvalue weighted by Crippen LogP contribution is -2.32. The van der Waals surface area contributed by atoms with Gasteiger partial charge in [-0.3, -0.25) is 4.79 Å². The number of hydrogen-bond acceptors (Lipinski definition) is 4. The highest BCUT2D eigenvalue weighted by atomic mass is 16.5. The third-order valence-corrected chi connectivity index (χ3v) is 5.50. The third-order valence-electron chi connectivity index (χ3n) is 5.50. The van der Waals surface area contributed by atoms with Crippen LogP contribution in [0.15, 0.2) is 48.5 Å². The molecule has 0 unspecified atom stereocenters. The number of benzene rings is 2. The van der Waals surface area contributed by atoms with Crippen molar-refractivity contribution in [2.75, 3.05) is 19.7 Å². The highest BCUT2D eigenvalue weighted by molar-refractivity contribution is 5.78. The Hall–Kier alpha value is -2.37. The molecule has 0 bridgehead atoms. The van der Waals surface area contributed by atoms with Crippen molar-refractivity contribution in [3.05, 3.63) is 65.2 Å². The van der Waals surface area contributed by atoms with Crippen LogP contribution >= 0.6 is 0 Å². The minimum Gasteiger partial charge on any atom is -0.483 e. The quantitative estimate of drug-likeness (QED) is 0.824. The molecule has 0 radical (unpaired) electrons. The van der Waals surface area contributed by atoms with Crippen molar-refractivity contribution in [1.82, 2.24) is 10.2 Å².